The van der Waals surface area contributed by atoms with E-state index in [1.807, 2.05) is 48.8 Å². The van der Waals surface area contributed by atoms with Crippen molar-refractivity contribution in [3.8, 4) is 11.3 Å². The van der Waals surface area contributed by atoms with Crippen LogP contribution in [0.15, 0.2) is 79.5 Å². The Morgan fingerprint density at radius 1 is 0.806 bits per heavy atom. The normalized spacial score (nSPS) is 12.2. The third kappa shape index (κ3) is 4.05. The molecule has 0 saturated carbocycles. The Balaban J connectivity index is 1.28. The SMILES string of the molecule is CC(CCNc1cc(-c2ccc3ncccc3c2)ncn1)c1ccnc2cccnc12. The fourth-order valence-electron chi connectivity index (χ4n) is 3.82. The van der Waals surface area contributed by atoms with Crippen LogP contribution < -0.4 is 5.32 Å². The molecule has 5 rings (SSSR count). The molecule has 0 aliphatic heterocycles. The number of benzene rings is 1. The second-order valence-electron chi connectivity index (χ2n) is 7.59. The minimum absolute atomic E-state index is 0.349. The highest BCUT2D eigenvalue weighted by atomic mass is 15.0. The van der Waals surface area contributed by atoms with E-state index in [4.69, 9.17) is 0 Å². The van der Waals surface area contributed by atoms with Gasteiger partial charge in [0.05, 0.1) is 22.2 Å². The van der Waals surface area contributed by atoms with Crippen LogP contribution in [0, 0.1) is 0 Å². The lowest BCUT2D eigenvalue weighted by Gasteiger charge is -2.14. The maximum Gasteiger partial charge on any atom is 0.129 e. The molecule has 1 N–H and O–H groups in total. The van der Waals surface area contributed by atoms with Crippen LogP contribution in [0.25, 0.3) is 33.2 Å². The molecule has 1 aromatic carbocycles. The van der Waals surface area contributed by atoms with Crippen molar-refractivity contribution in [3.05, 3.63) is 85.1 Å². The summed E-state index contributed by atoms with van der Waals surface area (Å²) in [6.45, 7) is 3.02. The molecule has 0 saturated heterocycles. The standard InChI is InChI=1S/C25H22N6/c1-17(20-9-13-27-22-5-3-11-29-25(20)22)8-12-28-24-15-23(30-16-31-24)19-6-7-21-18(14-19)4-2-10-26-21/h2-7,9-11,13-17H,8,12H2,1H3,(H,28,30,31). The van der Waals surface area contributed by atoms with Crippen LogP contribution in [0.5, 0.6) is 0 Å². The zero-order valence-electron chi connectivity index (χ0n) is 17.2. The third-order valence-corrected chi connectivity index (χ3v) is 5.51. The molecule has 6 nitrogen and oxygen atoms in total. The number of anilines is 1. The molecule has 0 aliphatic carbocycles. The predicted molar refractivity (Wildman–Crippen MR) is 124 cm³/mol. The number of nitrogens with zero attached hydrogens (tertiary/aromatic N) is 5. The second-order valence-corrected chi connectivity index (χ2v) is 7.59. The first-order valence-corrected chi connectivity index (χ1v) is 10.4. The summed E-state index contributed by atoms with van der Waals surface area (Å²) in [6.07, 6.45) is 8.05. The lowest BCUT2D eigenvalue weighted by Crippen LogP contribution is -2.08. The average Bonchev–Trinajstić information content (AvgIpc) is 2.83. The molecule has 4 aromatic heterocycles. The van der Waals surface area contributed by atoms with Gasteiger partial charge in [0.25, 0.3) is 0 Å². The molecule has 4 heterocycles. The summed E-state index contributed by atoms with van der Waals surface area (Å²) in [4.78, 5) is 22.2. The number of aromatic nitrogens is 5. The molecule has 31 heavy (non-hydrogen) atoms. The van der Waals surface area contributed by atoms with E-state index in [0.29, 0.717) is 5.92 Å². The minimum atomic E-state index is 0.349. The van der Waals surface area contributed by atoms with E-state index in [0.717, 1.165) is 52.0 Å². The van der Waals surface area contributed by atoms with Crippen molar-refractivity contribution in [2.75, 3.05) is 11.9 Å². The van der Waals surface area contributed by atoms with E-state index in [1.54, 1.807) is 12.5 Å². The topological polar surface area (TPSA) is 76.5 Å². The van der Waals surface area contributed by atoms with Crippen molar-refractivity contribution >= 4 is 27.8 Å². The molecule has 0 amide bonds. The van der Waals surface area contributed by atoms with Crippen LogP contribution >= 0.6 is 0 Å². The Hall–Kier alpha value is -3.93. The van der Waals surface area contributed by atoms with Crippen LogP contribution in [-0.2, 0) is 0 Å². The maximum absolute atomic E-state index is 4.53. The van der Waals surface area contributed by atoms with Gasteiger partial charge in [-0.1, -0.05) is 19.1 Å². The molecule has 1 unspecified atom stereocenters. The average molecular weight is 406 g/mol. The summed E-state index contributed by atoms with van der Waals surface area (Å²) in [5, 5.41) is 4.54. The van der Waals surface area contributed by atoms with Gasteiger partial charge in [-0.2, -0.15) is 0 Å². The number of hydrogen-bond acceptors (Lipinski definition) is 6. The summed E-state index contributed by atoms with van der Waals surface area (Å²) in [7, 11) is 0. The van der Waals surface area contributed by atoms with Crippen LogP contribution in [0.1, 0.15) is 24.8 Å². The molecular weight excluding hydrogens is 384 g/mol. The molecule has 0 radical (unpaired) electrons. The summed E-state index contributed by atoms with van der Waals surface area (Å²) in [5.41, 5.74) is 6.05. The first-order chi connectivity index (χ1) is 15.3. The van der Waals surface area contributed by atoms with Crippen molar-refractivity contribution < 1.29 is 0 Å². The quantitative estimate of drug-likeness (QED) is 0.415. The lowest BCUT2D eigenvalue weighted by molar-refractivity contribution is 0.707. The zero-order chi connectivity index (χ0) is 21.0. The number of hydrogen-bond donors (Lipinski definition) is 1. The summed E-state index contributed by atoms with van der Waals surface area (Å²) >= 11 is 0. The van der Waals surface area contributed by atoms with Gasteiger partial charge in [0.15, 0.2) is 0 Å². The van der Waals surface area contributed by atoms with Crippen LogP contribution in [0.3, 0.4) is 0 Å². The Kier molecular flexibility index (Phi) is 5.19. The summed E-state index contributed by atoms with van der Waals surface area (Å²) < 4.78 is 0. The van der Waals surface area contributed by atoms with E-state index in [1.165, 1.54) is 5.56 Å². The van der Waals surface area contributed by atoms with Crippen LogP contribution in [0.4, 0.5) is 5.82 Å². The van der Waals surface area contributed by atoms with Crippen LogP contribution in [-0.4, -0.2) is 31.5 Å². The number of nitrogens with one attached hydrogen (secondary N) is 1. The van der Waals surface area contributed by atoms with E-state index in [9.17, 15) is 0 Å². The maximum atomic E-state index is 4.53. The third-order valence-electron chi connectivity index (χ3n) is 5.51. The van der Waals surface area contributed by atoms with Gasteiger partial charge in [-0.25, -0.2) is 9.97 Å². The van der Waals surface area contributed by atoms with Gasteiger partial charge in [-0.15, -0.1) is 0 Å². The first kappa shape index (κ1) is 19.1. The number of pyridine rings is 3. The van der Waals surface area contributed by atoms with Crippen molar-refractivity contribution in [2.24, 2.45) is 0 Å². The van der Waals surface area contributed by atoms with E-state index < -0.39 is 0 Å². The molecule has 0 aliphatic rings. The van der Waals surface area contributed by atoms with Gasteiger partial charge in [-0.05, 0) is 54.3 Å². The van der Waals surface area contributed by atoms with Crippen molar-refractivity contribution in [1.29, 1.82) is 0 Å². The largest absolute Gasteiger partial charge is 0.370 e. The van der Waals surface area contributed by atoms with Gasteiger partial charge in [0, 0.05) is 42.2 Å². The van der Waals surface area contributed by atoms with Crippen molar-refractivity contribution in [3.63, 3.8) is 0 Å². The molecule has 1 atom stereocenters. The molecule has 152 valence electrons. The smallest absolute Gasteiger partial charge is 0.129 e. The molecule has 5 aromatic rings. The fourth-order valence-corrected chi connectivity index (χ4v) is 3.82. The second kappa shape index (κ2) is 8.44. The van der Waals surface area contributed by atoms with Crippen LogP contribution in [0.2, 0.25) is 0 Å². The zero-order valence-corrected chi connectivity index (χ0v) is 17.2. The Bertz CT molecular complexity index is 1350. The number of rotatable bonds is 6. The van der Waals surface area contributed by atoms with E-state index >= 15 is 0 Å². The monoisotopic (exact) mass is 406 g/mol. The van der Waals surface area contributed by atoms with E-state index in [2.05, 4.69) is 55.4 Å². The Morgan fingerprint density at radius 2 is 1.68 bits per heavy atom. The first-order valence-electron chi connectivity index (χ1n) is 10.4. The molecule has 0 fully saturated rings. The predicted octanol–water partition coefficient (Wildman–Crippen LogP) is 5.24. The molecular formula is C25H22N6. The van der Waals surface area contributed by atoms with Gasteiger partial charge in [0.1, 0.15) is 12.1 Å². The minimum Gasteiger partial charge on any atom is -0.370 e. The van der Waals surface area contributed by atoms with Crippen molar-refractivity contribution in [2.45, 2.75) is 19.3 Å². The van der Waals surface area contributed by atoms with Gasteiger partial charge in [-0.3, -0.25) is 15.0 Å². The fraction of sp³-hybridized carbons (Fsp3) is 0.160. The van der Waals surface area contributed by atoms with E-state index in [-0.39, 0.29) is 0 Å². The van der Waals surface area contributed by atoms with Gasteiger partial charge >= 0.3 is 0 Å². The Morgan fingerprint density at radius 3 is 2.65 bits per heavy atom. The molecule has 6 heteroatoms. The highest BCUT2D eigenvalue weighted by Gasteiger charge is 2.11. The Labute approximate surface area is 180 Å². The van der Waals surface area contributed by atoms with Crippen molar-refractivity contribution in [1.82, 2.24) is 24.9 Å². The molecule has 0 spiro atoms. The summed E-state index contributed by atoms with van der Waals surface area (Å²) in [6, 6.07) is 18.2. The molecule has 0 bridgehead atoms. The highest BCUT2D eigenvalue weighted by molar-refractivity contribution is 5.83. The summed E-state index contributed by atoms with van der Waals surface area (Å²) in [5.74, 6) is 1.17. The van der Waals surface area contributed by atoms with Gasteiger partial charge < -0.3 is 5.32 Å². The lowest BCUT2D eigenvalue weighted by atomic mass is 9.97. The van der Waals surface area contributed by atoms with Gasteiger partial charge in [0.2, 0.25) is 0 Å². The highest BCUT2D eigenvalue weighted by Crippen LogP contribution is 2.26. The number of fused-ring (bicyclic) bond motifs is 2.